The Kier molecular flexibility index (Phi) is 4.38. The second-order valence-electron chi connectivity index (χ2n) is 8.50. The number of amides is 2. The van der Waals surface area contributed by atoms with Crippen LogP contribution in [0.2, 0.25) is 0 Å². The lowest BCUT2D eigenvalue weighted by Crippen LogP contribution is -2.59. The van der Waals surface area contributed by atoms with Crippen molar-refractivity contribution >= 4 is 17.8 Å². The summed E-state index contributed by atoms with van der Waals surface area (Å²) >= 11 is 0. The zero-order chi connectivity index (χ0) is 19.5. The molecule has 1 aliphatic heterocycles. The van der Waals surface area contributed by atoms with Crippen molar-refractivity contribution in [2.24, 2.45) is 22.7 Å². The van der Waals surface area contributed by atoms with Crippen LogP contribution in [0.15, 0.2) is 0 Å². The number of nitrogens with zero attached hydrogens (tertiary/aromatic N) is 1. The molecule has 0 aromatic carbocycles. The Labute approximate surface area is 143 Å². The quantitative estimate of drug-likeness (QED) is 0.797. The summed E-state index contributed by atoms with van der Waals surface area (Å²) in [6, 6.07) is -2.55. The first-order chi connectivity index (χ1) is 11.1. The van der Waals surface area contributed by atoms with Gasteiger partial charge in [-0.1, -0.05) is 34.6 Å². The third kappa shape index (κ3) is 3.32. The topological polar surface area (TPSA) is 86.7 Å². The molecular weight excluding hydrogens is 341 g/mol. The largest absolute Gasteiger partial charge is 0.480 e. The molecule has 1 saturated heterocycles. The van der Waals surface area contributed by atoms with Crippen molar-refractivity contribution in [2.75, 3.05) is 6.54 Å². The third-order valence-corrected chi connectivity index (χ3v) is 5.39. The molecule has 2 fully saturated rings. The van der Waals surface area contributed by atoms with Gasteiger partial charge >= 0.3 is 18.1 Å². The summed E-state index contributed by atoms with van der Waals surface area (Å²) in [4.78, 5) is 36.9. The molecule has 1 aliphatic carbocycles. The first-order valence-electron chi connectivity index (χ1n) is 8.01. The summed E-state index contributed by atoms with van der Waals surface area (Å²) in [5.41, 5.74) is -1.23. The van der Waals surface area contributed by atoms with Crippen LogP contribution in [-0.2, 0) is 14.4 Å². The number of aliphatic carboxylic acids is 1. The lowest BCUT2D eigenvalue weighted by molar-refractivity contribution is -0.176. The molecular formula is C16H23F3N2O4. The first-order valence-corrected chi connectivity index (χ1v) is 8.01. The summed E-state index contributed by atoms with van der Waals surface area (Å²) in [6.45, 7) is 8.54. The summed E-state index contributed by atoms with van der Waals surface area (Å²) < 4.78 is 37.7. The maximum Gasteiger partial charge on any atom is 0.471 e. The van der Waals surface area contributed by atoms with Gasteiger partial charge in [-0.15, -0.1) is 0 Å². The molecule has 0 aromatic rings. The van der Waals surface area contributed by atoms with Gasteiger partial charge in [0, 0.05) is 12.5 Å². The second kappa shape index (κ2) is 5.60. The van der Waals surface area contributed by atoms with Gasteiger partial charge in [-0.2, -0.15) is 13.2 Å². The highest BCUT2D eigenvalue weighted by Crippen LogP contribution is 2.65. The highest BCUT2D eigenvalue weighted by atomic mass is 19.4. The van der Waals surface area contributed by atoms with E-state index in [4.69, 9.17) is 0 Å². The Morgan fingerprint density at radius 2 is 1.72 bits per heavy atom. The minimum atomic E-state index is -5.12. The van der Waals surface area contributed by atoms with Crippen LogP contribution in [0.25, 0.3) is 0 Å². The first kappa shape index (κ1) is 19.5. The van der Waals surface area contributed by atoms with Crippen LogP contribution in [0.3, 0.4) is 0 Å². The maximum absolute atomic E-state index is 12.8. The van der Waals surface area contributed by atoms with E-state index in [-0.39, 0.29) is 23.8 Å². The van der Waals surface area contributed by atoms with Gasteiger partial charge in [0.05, 0.1) is 0 Å². The predicted molar refractivity (Wildman–Crippen MR) is 81.3 cm³/mol. The number of alkyl halides is 3. The number of hydrogen-bond donors (Lipinski definition) is 2. The number of hydrogen-bond acceptors (Lipinski definition) is 3. The molecule has 25 heavy (non-hydrogen) atoms. The van der Waals surface area contributed by atoms with E-state index in [2.05, 4.69) is 0 Å². The molecule has 4 atom stereocenters. The van der Waals surface area contributed by atoms with Gasteiger partial charge in [0.15, 0.2) is 0 Å². The monoisotopic (exact) mass is 364 g/mol. The molecule has 6 nitrogen and oxygen atoms in total. The SMILES string of the molecule is CC1(C)C2CN(C(=O)[C@@H](NC(=O)C(F)(F)F)C(C)(C)C)C(C(=O)O)C21. The molecule has 9 heteroatoms. The number of carbonyl (C=O) groups excluding carboxylic acids is 2. The Bertz CT molecular complexity index is 609. The molecule has 0 radical (unpaired) electrons. The Morgan fingerprint density at radius 1 is 1.20 bits per heavy atom. The molecule has 3 unspecified atom stereocenters. The number of piperidine rings is 1. The molecule has 1 heterocycles. The zero-order valence-electron chi connectivity index (χ0n) is 14.8. The fraction of sp³-hybridized carbons (Fsp3) is 0.812. The van der Waals surface area contributed by atoms with Crippen molar-refractivity contribution in [3.05, 3.63) is 0 Å². The van der Waals surface area contributed by atoms with E-state index in [1.165, 1.54) is 20.8 Å². The molecule has 2 N–H and O–H groups in total. The van der Waals surface area contributed by atoms with Crippen LogP contribution in [-0.4, -0.2) is 52.6 Å². The minimum Gasteiger partial charge on any atom is -0.480 e. The molecule has 0 aromatic heterocycles. The molecule has 2 aliphatic rings. The second-order valence-corrected chi connectivity index (χ2v) is 8.50. The van der Waals surface area contributed by atoms with Crippen molar-refractivity contribution in [2.45, 2.75) is 52.9 Å². The van der Waals surface area contributed by atoms with E-state index < -0.39 is 41.5 Å². The Morgan fingerprint density at radius 3 is 2.12 bits per heavy atom. The summed E-state index contributed by atoms with van der Waals surface area (Å²) in [7, 11) is 0. The van der Waals surface area contributed by atoms with Gasteiger partial charge in [0.2, 0.25) is 5.91 Å². The fourth-order valence-corrected chi connectivity index (χ4v) is 3.82. The number of carboxylic acid groups (broad SMARTS) is 1. The van der Waals surface area contributed by atoms with E-state index in [9.17, 15) is 32.7 Å². The number of carbonyl (C=O) groups is 3. The van der Waals surface area contributed by atoms with Crippen molar-refractivity contribution in [1.82, 2.24) is 10.2 Å². The Balaban J connectivity index is 2.26. The Hall–Kier alpha value is -1.80. The molecule has 2 amide bonds. The molecule has 1 saturated carbocycles. The fourth-order valence-electron chi connectivity index (χ4n) is 3.82. The number of fused-ring (bicyclic) bond motifs is 1. The van der Waals surface area contributed by atoms with E-state index in [1.807, 2.05) is 13.8 Å². The van der Waals surface area contributed by atoms with Gasteiger partial charge in [-0.25, -0.2) is 4.79 Å². The van der Waals surface area contributed by atoms with Crippen LogP contribution >= 0.6 is 0 Å². The highest BCUT2D eigenvalue weighted by Gasteiger charge is 2.70. The molecule has 2 rings (SSSR count). The average Bonchev–Trinajstić information content (AvgIpc) is 2.82. The third-order valence-electron chi connectivity index (χ3n) is 5.39. The standard InChI is InChI=1S/C16H23F3N2O4/c1-14(2,3)10(20-13(25)16(17,18)19)11(22)21-6-7-8(15(7,4)5)9(21)12(23)24/h7-10H,6H2,1-5H3,(H,20,25)(H,23,24)/t7?,8?,9?,10-/m1/s1. The van der Waals surface area contributed by atoms with E-state index >= 15 is 0 Å². The maximum atomic E-state index is 12.8. The number of nitrogens with one attached hydrogen (secondary N) is 1. The van der Waals surface area contributed by atoms with Gasteiger partial charge in [0.25, 0.3) is 0 Å². The summed E-state index contributed by atoms with van der Waals surface area (Å²) in [6.07, 6.45) is -5.12. The van der Waals surface area contributed by atoms with Crippen molar-refractivity contribution in [3.8, 4) is 0 Å². The van der Waals surface area contributed by atoms with Gasteiger partial charge < -0.3 is 15.3 Å². The van der Waals surface area contributed by atoms with Gasteiger partial charge in [-0.3, -0.25) is 9.59 Å². The number of halogens is 3. The van der Waals surface area contributed by atoms with Crippen LogP contribution in [0, 0.1) is 22.7 Å². The smallest absolute Gasteiger partial charge is 0.471 e. The molecule has 142 valence electrons. The summed E-state index contributed by atoms with van der Waals surface area (Å²) in [5.74, 6) is -4.41. The molecule has 0 spiro atoms. The van der Waals surface area contributed by atoms with Crippen LogP contribution in [0.4, 0.5) is 13.2 Å². The summed E-state index contributed by atoms with van der Waals surface area (Å²) in [5, 5.41) is 11.2. The highest BCUT2D eigenvalue weighted by molar-refractivity contribution is 5.93. The average molecular weight is 364 g/mol. The van der Waals surface area contributed by atoms with Gasteiger partial charge in [0.1, 0.15) is 12.1 Å². The van der Waals surface area contributed by atoms with E-state index in [0.717, 1.165) is 4.90 Å². The minimum absolute atomic E-state index is 0.00325. The lowest BCUT2D eigenvalue weighted by atomic mass is 9.85. The number of carboxylic acids is 1. The van der Waals surface area contributed by atoms with Crippen LogP contribution in [0.1, 0.15) is 34.6 Å². The van der Waals surface area contributed by atoms with E-state index in [0.29, 0.717) is 0 Å². The molecule has 0 bridgehead atoms. The van der Waals surface area contributed by atoms with Crippen LogP contribution in [0.5, 0.6) is 0 Å². The van der Waals surface area contributed by atoms with Crippen LogP contribution < -0.4 is 5.32 Å². The lowest BCUT2D eigenvalue weighted by Gasteiger charge is -2.36. The van der Waals surface area contributed by atoms with Crippen molar-refractivity contribution in [1.29, 1.82) is 0 Å². The number of rotatable bonds is 3. The predicted octanol–water partition coefficient (Wildman–Crippen LogP) is 1.65. The number of likely N-dealkylation sites (tertiary alicyclic amines) is 1. The van der Waals surface area contributed by atoms with Gasteiger partial charge in [-0.05, 0) is 16.7 Å². The zero-order valence-corrected chi connectivity index (χ0v) is 14.8. The van der Waals surface area contributed by atoms with Crippen molar-refractivity contribution in [3.63, 3.8) is 0 Å². The van der Waals surface area contributed by atoms with E-state index in [1.54, 1.807) is 5.32 Å². The van der Waals surface area contributed by atoms with Crippen molar-refractivity contribution < 1.29 is 32.7 Å². The normalized spacial score (nSPS) is 29.0.